The summed E-state index contributed by atoms with van der Waals surface area (Å²) < 4.78 is 10.4. The number of esters is 1. The number of carbonyl (C=O) groups is 3. The van der Waals surface area contributed by atoms with Crippen LogP contribution in [-0.4, -0.2) is 43.6 Å². The molecular weight excluding hydrogens is 504 g/mol. The molecular formula is C30H31ClN2O5. The fourth-order valence-electron chi connectivity index (χ4n) is 3.87. The van der Waals surface area contributed by atoms with Crippen molar-refractivity contribution < 1.29 is 23.9 Å². The van der Waals surface area contributed by atoms with Gasteiger partial charge in [-0.05, 0) is 28.8 Å². The van der Waals surface area contributed by atoms with E-state index >= 15 is 0 Å². The van der Waals surface area contributed by atoms with Crippen molar-refractivity contribution in [3.05, 3.63) is 113 Å². The van der Waals surface area contributed by atoms with Crippen molar-refractivity contribution in [2.45, 2.75) is 31.3 Å². The van der Waals surface area contributed by atoms with E-state index < -0.39 is 24.0 Å². The minimum atomic E-state index is -0.918. The van der Waals surface area contributed by atoms with Crippen molar-refractivity contribution in [2.24, 2.45) is 0 Å². The summed E-state index contributed by atoms with van der Waals surface area (Å²) in [7, 11) is 1.27. The number of halogens is 1. The van der Waals surface area contributed by atoms with Crippen LogP contribution in [-0.2, 0) is 38.4 Å². The Bertz CT molecular complexity index is 1230. The fraction of sp³-hybridized carbons (Fsp3) is 0.233. The van der Waals surface area contributed by atoms with E-state index in [-0.39, 0.29) is 25.2 Å². The summed E-state index contributed by atoms with van der Waals surface area (Å²) in [5.74, 6) is -0.931. The molecule has 0 saturated heterocycles. The molecule has 0 aliphatic carbocycles. The van der Waals surface area contributed by atoms with Crippen molar-refractivity contribution in [2.75, 3.05) is 13.7 Å². The first-order valence-corrected chi connectivity index (χ1v) is 12.5. The molecule has 0 radical (unpaired) electrons. The number of methoxy groups -OCH3 is 1. The SMILES string of the molecule is C=CCOc1ccc(CC(=O)N[C@@H](Cc2ccccc2)C(=O)N[C@@H](Cc2ccccc2)C(=O)OC)cc1Cl. The molecule has 0 heterocycles. The van der Waals surface area contributed by atoms with Gasteiger partial charge in [0.25, 0.3) is 0 Å². The first kappa shape index (κ1) is 28.5. The Labute approximate surface area is 227 Å². The molecule has 8 heteroatoms. The van der Waals surface area contributed by atoms with Gasteiger partial charge in [-0.25, -0.2) is 4.79 Å². The molecule has 2 atom stereocenters. The second kappa shape index (κ2) is 14.6. The van der Waals surface area contributed by atoms with Crippen LogP contribution in [0, 0.1) is 0 Å². The summed E-state index contributed by atoms with van der Waals surface area (Å²) in [5, 5.41) is 5.96. The Morgan fingerprint density at radius 2 is 1.47 bits per heavy atom. The standard InChI is InChI=1S/C30H31ClN2O5/c1-3-16-38-27-15-14-23(17-24(27)31)20-28(34)32-25(18-21-10-6-4-7-11-21)29(35)33-26(30(36)37-2)19-22-12-8-5-9-13-22/h3-15,17,25-26H,1,16,18-20H2,2H3,(H,32,34)(H,33,35)/t25-,26-/m0/s1. The highest BCUT2D eigenvalue weighted by molar-refractivity contribution is 6.32. The van der Waals surface area contributed by atoms with Gasteiger partial charge in [0, 0.05) is 12.8 Å². The highest BCUT2D eigenvalue weighted by atomic mass is 35.5. The van der Waals surface area contributed by atoms with Gasteiger partial charge < -0.3 is 20.1 Å². The molecule has 2 N–H and O–H groups in total. The normalized spacial score (nSPS) is 12.1. The van der Waals surface area contributed by atoms with Gasteiger partial charge in [0.05, 0.1) is 18.6 Å². The molecule has 0 bridgehead atoms. The van der Waals surface area contributed by atoms with E-state index in [0.717, 1.165) is 11.1 Å². The molecule has 0 unspecified atom stereocenters. The first-order chi connectivity index (χ1) is 18.4. The molecule has 0 aromatic heterocycles. The van der Waals surface area contributed by atoms with E-state index in [9.17, 15) is 14.4 Å². The van der Waals surface area contributed by atoms with E-state index in [0.29, 0.717) is 22.9 Å². The molecule has 0 saturated carbocycles. The molecule has 0 fully saturated rings. The van der Waals surface area contributed by atoms with Gasteiger partial charge in [0.2, 0.25) is 11.8 Å². The molecule has 3 rings (SSSR count). The molecule has 0 spiro atoms. The number of hydrogen-bond donors (Lipinski definition) is 2. The van der Waals surface area contributed by atoms with E-state index in [1.54, 1.807) is 24.3 Å². The molecule has 2 amide bonds. The van der Waals surface area contributed by atoms with Crippen LogP contribution in [0.15, 0.2) is 91.5 Å². The maximum Gasteiger partial charge on any atom is 0.328 e. The van der Waals surface area contributed by atoms with Crippen LogP contribution < -0.4 is 15.4 Å². The quantitative estimate of drug-likeness (QED) is 0.255. The number of amides is 2. The number of benzene rings is 3. The van der Waals surface area contributed by atoms with Crippen LogP contribution in [0.25, 0.3) is 0 Å². The smallest absolute Gasteiger partial charge is 0.328 e. The Hall–Kier alpha value is -4.10. The lowest BCUT2D eigenvalue weighted by molar-refractivity contribution is -0.145. The van der Waals surface area contributed by atoms with Crippen LogP contribution >= 0.6 is 11.6 Å². The zero-order valence-electron chi connectivity index (χ0n) is 21.2. The van der Waals surface area contributed by atoms with Crippen molar-refractivity contribution in [3.63, 3.8) is 0 Å². The van der Waals surface area contributed by atoms with Gasteiger partial charge in [-0.2, -0.15) is 0 Å². The van der Waals surface area contributed by atoms with Crippen LogP contribution in [0.4, 0.5) is 0 Å². The van der Waals surface area contributed by atoms with Gasteiger partial charge in [0.1, 0.15) is 24.4 Å². The number of rotatable bonds is 13. The Balaban J connectivity index is 1.74. The lowest BCUT2D eigenvalue weighted by atomic mass is 10.0. The summed E-state index contributed by atoms with van der Waals surface area (Å²) in [6, 6.07) is 21.9. The number of nitrogens with one attached hydrogen (secondary N) is 2. The summed E-state index contributed by atoms with van der Waals surface area (Å²) in [4.78, 5) is 38.8. The van der Waals surface area contributed by atoms with Crippen molar-refractivity contribution >= 4 is 29.4 Å². The van der Waals surface area contributed by atoms with E-state index in [2.05, 4.69) is 17.2 Å². The molecule has 3 aromatic rings. The maximum absolute atomic E-state index is 13.4. The third-order valence-electron chi connectivity index (χ3n) is 5.74. The summed E-state index contributed by atoms with van der Waals surface area (Å²) in [6.07, 6.45) is 2.11. The highest BCUT2D eigenvalue weighted by Gasteiger charge is 2.28. The van der Waals surface area contributed by atoms with Crippen LogP contribution in [0.2, 0.25) is 5.02 Å². The third kappa shape index (κ3) is 8.78. The lowest BCUT2D eigenvalue weighted by Gasteiger charge is -2.23. The van der Waals surface area contributed by atoms with Crippen molar-refractivity contribution in [1.82, 2.24) is 10.6 Å². The maximum atomic E-state index is 13.4. The Morgan fingerprint density at radius 1 is 0.868 bits per heavy atom. The van der Waals surface area contributed by atoms with Gasteiger partial charge >= 0.3 is 5.97 Å². The number of ether oxygens (including phenoxy) is 2. The van der Waals surface area contributed by atoms with Crippen LogP contribution in [0.1, 0.15) is 16.7 Å². The molecule has 198 valence electrons. The monoisotopic (exact) mass is 534 g/mol. The average Bonchev–Trinajstić information content (AvgIpc) is 2.92. The topological polar surface area (TPSA) is 93.7 Å². The Kier molecular flexibility index (Phi) is 10.9. The molecule has 38 heavy (non-hydrogen) atoms. The van der Waals surface area contributed by atoms with Gasteiger partial charge in [-0.15, -0.1) is 0 Å². The van der Waals surface area contributed by atoms with Gasteiger partial charge in [-0.3, -0.25) is 9.59 Å². The summed E-state index contributed by atoms with van der Waals surface area (Å²) in [5.41, 5.74) is 2.38. The lowest BCUT2D eigenvalue weighted by Crippen LogP contribution is -2.53. The van der Waals surface area contributed by atoms with Crippen molar-refractivity contribution in [3.8, 4) is 5.75 Å². The fourth-order valence-corrected chi connectivity index (χ4v) is 4.13. The van der Waals surface area contributed by atoms with E-state index in [1.165, 1.54) is 7.11 Å². The molecule has 7 nitrogen and oxygen atoms in total. The summed E-state index contributed by atoms with van der Waals surface area (Å²) in [6.45, 7) is 3.92. The highest BCUT2D eigenvalue weighted by Crippen LogP contribution is 2.25. The van der Waals surface area contributed by atoms with Gasteiger partial charge in [-0.1, -0.05) is 91.0 Å². The summed E-state index contributed by atoms with van der Waals surface area (Å²) >= 11 is 6.28. The minimum absolute atomic E-state index is 0.00444. The van der Waals surface area contributed by atoms with Crippen LogP contribution in [0.5, 0.6) is 5.75 Å². The molecule has 0 aliphatic rings. The second-order valence-corrected chi connectivity index (χ2v) is 9.03. The predicted octanol–water partition coefficient (Wildman–Crippen LogP) is 4.08. The third-order valence-corrected chi connectivity index (χ3v) is 6.03. The zero-order chi connectivity index (χ0) is 27.3. The van der Waals surface area contributed by atoms with E-state index in [4.69, 9.17) is 21.1 Å². The number of hydrogen-bond acceptors (Lipinski definition) is 5. The second-order valence-electron chi connectivity index (χ2n) is 8.63. The van der Waals surface area contributed by atoms with Crippen molar-refractivity contribution in [1.29, 1.82) is 0 Å². The predicted molar refractivity (Wildman–Crippen MR) is 147 cm³/mol. The molecule has 3 aromatic carbocycles. The zero-order valence-corrected chi connectivity index (χ0v) is 21.9. The van der Waals surface area contributed by atoms with Crippen LogP contribution in [0.3, 0.4) is 0 Å². The largest absolute Gasteiger partial charge is 0.488 e. The van der Waals surface area contributed by atoms with Gasteiger partial charge in [0.15, 0.2) is 0 Å². The molecule has 0 aliphatic heterocycles. The Morgan fingerprint density at radius 3 is 2.03 bits per heavy atom. The average molecular weight is 535 g/mol. The van der Waals surface area contributed by atoms with E-state index in [1.807, 2.05) is 60.7 Å². The first-order valence-electron chi connectivity index (χ1n) is 12.2. The number of carbonyl (C=O) groups excluding carboxylic acids is 3. The minimum Gasteiger partial charge on any atom is -0.488 e.